The van der Waals surface area contributed by atoms with Gasteiger partial charge in [0.05, 0.1) is 16.3 Å². The van der Waals surface area contributed by atoms with Crippen LogP contribution in [-0.2, 0) is 7.05 Å². The summed E-state index contributed by atoms with van der Waals surface area (Å²) in [6.45, 7) is 0. The van der Waals surface area contributed by atoms with Crippen LogP contribution in [0.1, 0.15) is 0 Å². The maximum absolute atomic E-state index is 4.56. The molecule has 0 saturated heterocycles. The zero-order chi connectivity index (χ0) is 11.7. The Labute approximate surface area is 104 Å². The largest absolute Gasteiger partial charge is 0.266 e. The fourth-order valence-electron chi connectivity index (χ4n) is 1.87. The normalized spacial score (nSPS) is 10.6. The Morgan fingerprint density at radius 2 is 1.88 bits per heavy atom. The minimum Gasteiger partial charge on any atom is -0.266 e. The molecule has 0 spiro atoms. The molecule has 1 aromatic carbocycles. The molecule has 2 heterocycles. The van der Waals surface area contributed by atoms with E-state index in [4.69, 9.17) is 0 Å². The second kappa shape index (κ2) is 4.18. The summed E-state index contributed by atoms with van der Waals surface area (Å²) < 4.78 is 1.94. The summed E-state index contributed by atoms with van der Waals surface area (Å²) in [6.07, 6.45) is 0. The van der Waals surface area contributed by atoms with Gasteiger partial charge in [-0.05, 0) is 17.5 Å². The number of thiophene rings is 1. The van der Waals surface area contributed by atoms with Gasteiger partial charge in [0.15, 0.2) is 0 Å². The highest BCUT2D eigenvalue weighted by atomic mass is 32.1. The molecule has 0 aliphatic carbocycles. The van der Waals surface area contributed by atoms with Gasteiger partial charge in [-0.25, -0.2) is 0 Å². The van der Waals surface area contributed by atoms with E-state index in [1.165, 1.54) is 10.6 Å². The lowest BCUT2D eigenvalue weighted by atomic mass is 10.1. The molecule has 0 atom stereocenters. The van der Waals surface area contributed by atoms with Gasteiger partial charge in [0.1, 0.15) is 0 Å². The van der Waals surface area contributed by atoms with Crippen LogP contribution in [0.2, 0.25) is 0 Å². The molecule has 3 heteroatoms. The smallest absolute Gasteiger partial charge is 0.0929 e. The van der Waals surface area contributed by atoms with Crippen molar-refractivity contribution >= 4 is 11.3 Å². The van der Waals surface area contributed by atoms with E-state index in [0.717, 1.165) is 11.3 Å². The number of aryl methyl sites for hydroxylation is 1. The Bertz CT molecular complexity index is 609. The fraction of sp³-hybridized carbons (Fsp3) is 0.0714. The second-order valence-corrected chi connectivity index (χ2v) is 4.83. The molecule has 3 rings (SSSR count). The third-order valence-corrected chi connectivity index (χ3v) is 3.62. The van der Waals surface area contributed by atoms with Crippen LogP contribution in [0.25, 0.3) is 21.8 Å². The van der Waals surface area contributed by atoms with Gasteiger partial charge in [0.2, 0.25) is 0 Å². The molecule has 2 aromatic heterocycles. The molecule has 2 nitrogen and oxygen atoms in total. The highest BCUT2D eigenvalue weighted by molar-refractivity contribution is 7.13. The van der Waals surface area contributed by atoms with Crippen molar-refractivity contribution in [2.45, 2.75) is 0 Å². The lowest BCUT2D eigenvalue weighted by Gasteiger charge is -1.95. The Morgan fingerprint density at radius 1 is 1.06 bits per heavy atom. The zero-order valence-corrected chi connectivity index (χ0v) is 10.3. The lowest BCUT2D eigenvalue weighted by molar-refractivity contribution is 0.780. The van der Waals surface area contributed by atoms with Gasteiger partial charge in [0.25, 0.3) is 0 Å². The van der Waals surface area contributed by atoms with Crippen molar-refractivity contribution < 1.29 is 0 Å². The van der Waals surface area contributed by atoms with Crippen molar-refractivity contribution in [3.8, 4) is 21.8 Å². The number of benzene rings is 1. The third-order valence-electron chi connectivity index (χ3n) is 2.72. The predicted molar refractivity (Wildman–Crippen MR) is 72.0 cm³/mol. The van der Waals surface area contributed by atoms with Gasteiger partial charge in [-0.15, -0.1) is 11.3 Å². The summed E-state index contributed by atoms with van der Waals surface area (Å²) in [7, 11) is 1.99. The van der Waals surface area contributed by atoms with Crippen LogP contribution < -0.4 is 0 Å². The van der Waals surface area contributed by atoms with Crippen molar-refractivity contribution in [2.24, 2.45) is 7.05 Å². The summed E-state index contributed by atoms with van der Waals surface area (Å²) in [4.78, 5) is 1.25. The zero-order valence-electron chi connectivity index (χ0n) is 9.50. The molecular weight excluding hydrogens is 228 g/mol. The van der Waals surface area contributed by atoms with Gasteiger partial charge in [-0.1, -0.05) is 36.4 Å². The molecule has 0 fully saturated rings. The molecule has 84 valence electrons. The van der Waals surface area contributed by atoms with Crippen molar-refractivity contribution in [3.05, 3.63) is 53.9 Å². The Hall–Kier alpha value is -1.87. The van der Waals surface area contributed by atoms with Gasteiger partial charge < -0.3 is 0 Å². The maximum Gasteiger partial charge on any atom is 0.0929 e. The van der Waals surface area contributed by atoms with Crippen LogP contribution in [0.5, 0.6) is 0 Å². The lowest BCUT2D eigenvalue weighted by Crippen LogP contribution is -1.92. The van der Waals surface area contributed by atoms with Gasteiger partial charge in [-0.3, -0.25) is 4.68 Å². The van der Waals surface area contributed by atoms with E-state index in [0.29, 0.717) is 0 Å². The Morgan fingerprint density at radius 3 is 2.59 bits per heavy atom. The van der Waals surface area contributed by atoms with Crippen LogP contribution in [0.3, 0.4) is 0 Å². The Balaban J connectivity index is 2.08. The van der Waals surface area contributed by atoms with Gasteiger partial charge in [-0.2, -0.15) is 5.10 Å². The van der Waals surface area contributed by atoms with E-state index >= 15 is 0 Å². The SMILES string of the molecule is Cn1nc(-c2ccccc2)cc1-c1cccs1. The van der Waals surface area contributed by atoms with Crippen molar-refractivity contribution in [1.82, 2.24) is 9.78 Å². The van der Waals surface area contributed by atoms with Crippen molar-refractivity contribution in [1.29, 1.82) is 0 Å². The molecule has 0 bridgehead atoms. The summed E-state index contributed by atoms with van der Waals surface area (Å²) >= 11 is 1.74. The van der Waals surface area contributed by atoms with Gasteiger partial charge >= 0.3 is 0 Å². The topological polar surface area (TPSA) is 17.8 Å². The summed E-state index contributed by atoms with van der Waals surface area (Å²) in [5, 5.41) is 6.65. The van der Waals surface area contributed by atoms with Crippen LogP contribution in [-0.4, -0.2) is 9.78 Å². The summed E-state index contributed by atoms with van der Waals surface area (Å²) in [5.41, 5.74) is 3.35. The Kier molecular flexibility index (Phi) is 2.53. The first kappa shape index (κ1) is 10.3. The first-order chi connectivity index (χ1) is 8.34. The molecular formula is C14H12N2S. The van der Waals surface area contributed by atoms with E-state index in [-0.39, 0.29) is 0 Å². The fourth-order valence-corrected chi connectivity index (χ4v) is 2.64. The minimum absolute atomic E-state index is 1.02. The van der Waals surface area contributed by atoms with E-state index < -0.39 is 0 Å². The second-order valence-electron chi connectivity index (χ2n) is 3.88. The molecule has 0 aliphatic heterocycles. The third kappa shape index (κ3) is 1.89. The number of nitrogens with zero attached hydrogens (tertiary/aromatic N) is 2. The van der Waals surface area contributed by atoms with E-state index in [1.807, 2.05) is 29.9 Å². The van der Waals surface area contributed by atoms with Crippen molar-refractivity contribution in [3.63, 3.8) is 0 Å². The summed E-state index contributed by atoms with van der Waals surface area (Å²) in [5.74, 6) is 0. The first-order valence-corrected chi connectivity index (χ1v) is 6.36. The quantitative estimate of drug-likeness (QED) is 0.666. The molecule has 0 saturated carbocycles. The monoisotopic (exact) mass is 240 g/mol. The number of hydrogen-bond acceptors (Lipinski definition) is 2. The molecule has 0 aliphatic rings. The number of hydrogen-bond donors (Lipinski definition) is 0. The van der Waals surface area contributed by atoms with Crippen LogP contribution in [0.4, 0.5) is 0 Å². The predicted octanol–water partition coefficient (Wildman–Crippen LogP) is 3.82. The summed E-state index contributed by atoms with van der Waals surface area (Å²) in [6, 6.07) is 16.6. The van der Waals surface area contributed by atoms with E-state index in [2.05, 4.69) is 40.8 Å². The number of aromatic nitrogens is 2. The molecule has 0 N–H and O–H groups in total. The average molecular weight is 240 g/mol. The van der Waals surface area contributed by atoms with E-state index in [1.54, 1.807) is 11.3 Å². The standard InChI is InChI=1S/C14H12N2S/c1-16-13(14-8-5-9-17-14)10-12(15-16)11-6-3-2-4-7-11/h2-10H,1H3. The number of rotatable bonds is 2. The minimum atomic E-state index is 1.02. The van der Waals surface area contributed by atoms with Gasteiger partial charge in [0, 0.05) is 12.6 Å². The average Bonchev–Trinajstić information content (AvgIpc) is 2.99. The molecule has 0 unspecified atom stereocenters. The molecule has 0 radical (unpaired) electrons. The van der Waals surface area contributed by atoms with Crippen LogP contribution in [0.15, 0.2) is 53.9 Å². The van der Waals surface area contributed by atoms with Crippen molar-refractivity contribution in [2.75, 3.05) is 0 Å². The van der Waals surface area contributed by atoms with Crippen LogP contribution >= 0.6 is 11.3 Å². The molecule has 17 heavy (non-hydrogen) atoms. The highest BCUT2D eigenvalue weighted by Gasteiger charge is 2.09. The van der Waals surface area contributed by atoms with E-state index in [9.17, 15) is 0 Å². The molecule has 3 aromatic rings. The van der Waals surface area contributed by atoms with Crippen LogP contribution in [0, 0.1) is 0 Å². The highest BCUT2D eigenvalue weighted by Crippen LogP contribution is 2.28. The molecule has 0 amide bonds. The first-order valence-electron chi connectivity index (χ1n) is 5.48. The maximum atomic E-state index is 4.56.